The van der Waals surface area contributed by atoms with Gasteiger partial charge in [-0.2, -0.15) is 0 Å². The van der Waals surface area contributed by atoms with Gasteiger partial charge in [0.25, 0.3) is 5.56 Å². The van der Waals surface area contributed by atoms with Gasteiger partial charge in [-0.1, -0.05) is 52.0 Å². The van der Waals surface area contributed by atoms with Gasteiger partial charge < -0.3 is 4.90 Å². The van der Waals surface area contributed by atoms with Crippen LogP contribution < -0.4 is 5.56 Å². The Balaban J connectivity index is 1.96. The molecule has 5 nitrogen and oxygen atoms in total. The Morgan fingerprint density at radius 3 is 2.38 bits per heavy atom. The topological polar surface area (TPSA) is 55.2 Å². The molecule has 3 aromatic rings. The fraction of sp³-hybridized carbons (Fsp3) is 0.435. The third-order valence-corrected chi connectivity index (χ3v) is 5.98. The molecule has 0 saturated heterocycles. The van der Waals surface area contributed by atoms with Crippen LogP contribution in [0.15, 0.2) is 40.8 Å². The fourth-order valence-electron chi connectivity index (χ4n) is 3.49. The molecule has 0 atom stereocenters. The monoisotopic (exact) mass is 411 g/mol. The van der Waals surface area contributed by atoms with E-state index in [4.69, 9.17) is 0 Å². The predicted molar refractivity (Wildman–Crippen MR) is 121 cm³/mol. The van der Waals surface area contributed by atoms with E-state index >= 15 is 0 Å². The van der Waals surface area contributed by atoms with Gasteiger partial charge in [-0.15, -0.1) is 11.3 Å². The van der Waals surface area contributed by atoms with Gasteiger partial charge in [-0.25, -0.2) is 4.98 Å². The van der Waals surface area contributed by atoms with E-state index in [0.29, 0.717) is 29.2 Å². The normalized spacial score (nSPS) is 11.3. The first-order chi connectivity index (χ1) is 14.0. The van der Waals surface area contributed by atoms with Crippen LogP contribution >= 0.6 is 11.3 Å². The first-order valence-electron chi connectivity index (χ1n) is 10.3. The van der Waals surface area contributed by atoms with Crippen molar-refractivity contribution in [1.82, 2.24) is 14.5 Å². The van der Waals surface area contributed by atoms with Gasteiger partial charge >= 0.3 is 0 Å². The first kappa shape index (κ1) is 21.2. The Morgan fingerprint density at radius 2 is 1.79 bits per heavy atom. The lowest BCUT2D eigenvalue weighted by atomic mass is 9.99. The summed E-state index contributed by atoms with van der Waals surface area (Å²) < 4.78 is 1.45. The number of fused-ring (bicyclic) bond motifs is 1. The summed E-state index contributed by atoms with van der Waals surface area (Å²) in [6.45, 7) is 9.88. The lowest BCUT2D eigenvalue weighted by molar-refractivity contribution is -0.132. The number of carbonyl (C=O) groups excluding carboxylic acids is 1. The summed E-state index contributed by atoms with van der Waals surface area (Å²) >= 11 is 1.46. The molecule has 0 spiro atoms. The highest BCUT2D eigenvalue weighted by molar-refractivity contribution is 7.17. The average Bonchev–Trinajstić information content (AvgIpc) is 3.15. The molecule has 0 N–H and O–H groups in total. The van der Waals surface area contributed by atoms with E-state index < -0.39 is 0 Å². The number of carbonyl (C=O) groups is 1. The average molecular weight is 412 g/mol. The van der Waals surface area contributed by atoms with Crippen LogP contribution in [0.2, 0.25) is 0 Å². The molecule has 0 aliphatic carbocycles. The summed E-state index contributed by atoms with van der Waals surface area (Å²) in [7, 11) is 0. The highest BCUT2D eigenvalue weighted by atomic mass is 32.1. The van der Waals surface area contributed by atoms with Crippen LogP contribution in [0.4, 0.5) is 0 Å². The van der Waals surface area contributed by atoms with E-state index in [1.165, 1.54) is 27.8 Å². The molecule has 1 aromatic carbocycles. The number of nitrogens with zero attached hydrogens (tertiary/aromatic N) is 3. The van der Waals surface area contributed by atoms with Crippen molar-refractivity contribution in [2.75, 3.05) is 13.1 Å². The number of amides is 1. The van der Waals surface area contributed by atoms with Crippen LogP contribution in [0.1, 0.15) is 52.0 Å². The second-order valence-corrected chi connectivity index (χ2v) is 8.52. The quantitative estimate of drug-likeness (QED) is 0.530. The molecule has 0 aliphatic heterocycles. The maximum Gasteiger partial charge on any atom is 0.263 e. The molecule has 29 heavy (non-hydrogen) atoms. The predicted octanol–water partition coefficient (Wildman–Crippen LogP) is 4.90. The number of hydrogen-bond donors (Lipinski definition) is 0. The number of thiophene rings is 1. The molecule has 154 valence electrons. The summed E-state index contributed by atoms with van der Waals surface area (Å²) in [6.07, 6.45) is 3.30. The molecule has 0 fully saturated rings. The SMILES string of the molecule is CCCN(CCC)C(=O)Cn1cnc2scc(-c3ccc(C(C)C)cc3)c2c1=O. The first-order valence-corrected chi connectivity index (χ1v) is 11.2. The van der Waals surface area contributed by atoms with E-state index in [1.54, 1.807) is 0 Å². The summed E-state index contributed by atoms with van der Waals surface area (Å²) in [6, 6.07) is 8.33. The molecule has 3 rings (SSSR count). The molecule has 6 heteroatoms. The molecule has 1 amide bonds. The summed E-state index contributed by atoms with van der Waals surface area (Å²) in [5.74, 6) is 0.428. The van der Waals surface area contributed by atoms with Crippen molar-refractivity contribution in [2.24, 2.45) is 0 Å². The van der Waals surface area contributed by atoms with Gasteiger partial charge in [0, 0.05) is 24.0 Å². The second-order valence-electron chi connectivity index (χ2n) is 7.66. The van der Waals surface area contributed by atoms with Crippen molar-refractivity contribution in [2.45, 2.75) is 53.0 Å². The number of hydrogen-bond acceptors (Lipinski definition) is 4. The van der Waals surface area contributed by atoms with Gasteiger partial charge in [-0.05, 0) is 29.9 Å². The summed E-state index contributed by atoms with van der Waals surface area (Å²) in [5.41, 5.74) is 3.00. The number of rotatable bonds is 8. The molecule has 0 saturated carbocycles. The van der Waals surface area contributed by atoms with E-state index in [0.717, 1.165) is 24.0 Å². The van der Waals surface area contributed by atoms with Crippen LogP contribution in [0.3, 0.4) is 0 Å². The Morgan fingerprint density at radius 1 is 1.14 bits per heavy atom. The molecule has 2 aromatic heterocycles. The zero-order chi connectivity index (χ0) is 21.0. The highest BCUT2D eigenvalue weighted by Gasteiger charge is 2.17. The largest absolute Gasteiger partial charge is 0.341 e. The molecule has 0 bridgehead atoms. The van der Waals surface area contributed by atoms with E-state index in [-0.39, 0.29) is 18.0 Å². The Bertz CT molecular complexity index is 1030. The van der Waals surface area contributed by atoms with Crippen LogP contribution in [0.25, 0.3) is 21.3 Å². The van der Waals surface area contributed by atoms with E-state index in [2.05, 4.69) is 56.9 Å². The van der Waals surface area contributed by atoms with Gasteiger partial charge in [0.1, 0.15) is 11.4 Å². The summed E-state index contributed by atoms with van der Waals surface area (Å²) in [5, 5.41) is 2.58. The Kier molecular flexibility index (Phi) is 6.85. The van der Waals surface area contributed by atoms with Crippen LogP contribution in [-0.4, -0.2) is 33.4 Å². The van der Waals surface area contributed by atoms with Gasteiger partial charge in [0.05, 0.1) is 11.7 Å². The summed E-state index contributed by atoms with van der Waals surface area (Å²) in [4.78, 5) is 32.9. The van der Waals surface area contributed by atoms with Crippen molar-refractivity contribution in [3.63, 3.8) is 0 Å². The van der Waals surface area contributed by atoms with E-state index in [1.807, 2.05) is 10.3 Å². The maximum absolute atomic E-state index is 13.2. The molecular weight excluding hydrogens is 382 g/mol. The fourth-order valence-corrected chi connectivity index (χ4v) is 4.39. The van der Waals surface area contributed by atoms with Gasteiger partial charge in [0.15, 0.2) is 0 Å². The van der Waals surface area contributed by atoms with Crippen molar-refractivity contribution in [3.8, 4) is 11.1 Å². The number of aromatic nitrogens is 2. The van der Waals surface area contributed by atoms with Crippen molar-refractivity contribution in [3.05, 3.63) is 51.9 Å². The standard InChI is InChI=1S/C23H29N3O2S/c1-5-11-25(12-6-2)20(27)13-26-15-24-22-21(23(26)28)19(14-29-22)18-9-7-17(8-10-18)16(3)4/h7-10,14-16H,5-6,11-13H2,1-4H3. The van der Waals surface area contributed by atoms with Crippen LogP contribution in [0.5, 0.6) is 0 Å². The Labute approximate surface area is 176 Å². The minimum atomic E-state index is -0.152. The maximum atomic E-state index is 13.2. The van der Waals surface area contributed by atoms with Crippen molar-refractivity contribution in [1.29, 1.82) is 0 Å². The second kappa shape index (κ2) is 9.35. The molecule has 0 unspecified atom stereocenters. The third-order valence-electron chi connectivity index (χ3n) is 5.09. The zero-order valence-electron chi connectivity index (χ0n) is 17.6. The molecular formula is C23H29N3O2S. The van der Waals surface area contributed by atoms with Crippen molar-refractivity contribution >= 4 is 27.5 Å². The minimum absolute atomic E-state index is 0.0311. The highest BCUT2D eigenvalue weighted by Crippen LogP contribution is 2.31. The molecule has 2 heterocycles. The Hall–Kier alpha value is -2.47. The molecule has 0 aliphatic rings. The lowest BCUT2D eigenvalue weighted by Crippen LogP contribution is -2.37. The zero-order valence-corrected chi connectivity index (χ0v) is 18.5. The smallest absolute Gasteiger partial charge is 0.263 e. The minimum Gasteiger partial charge on any atom is -0.341 e. The van der Waals surface area contributed by atoms with Gasteiger partial charge in [-0.3, -0.25) is 14.2 Å². The van der Waals surface area contributed by atoms with Crippen LogP contribution in [0, 0.1) is 0 Å². The van der Waals surface area contributed by atoms with Crippen LogP contribution in [-0.2, 0) is 11.3 Å². The van der Waals surface area contributed by atoms with E-state index in [9.17, 15) is 9.59 Å². The third kappa shape index (κ3) is 4.58. The lowest BCUT2D eigenvalue weighted by Gasteiger charge is -2.21. The van der Waals surface area contributed by atoms with Crippen molar-refractivity contribution < 1.29 is 4.79 Å². The van der Waals surface area contributed by atoms with Gasteiger partial charge in [0.2, 0.25) is 5.91 Å². The number of benzene rings is 1. The molecule has 0 radical (unpaired) electrons.